The van der Waals surface area contributed by atoms with Gasteiger partial charge in [0, 0.05) is 88.4 Å². The van der Waals surface area contributed by atoms with Crippen LogP contribution in [0.1, 0.15) is 173 Å². The molecule has 136 heavy (non-hydrogen) atoms. The standard InChI is InChI=1S/C47H58N8O9.C45H55N7O7.C7H13NO5/c1-9-25(3)39(52-46(58)62-7)44(56)54-20-24(2)14-36(54)42-48-19-35(50-42)29-10-12-31-30(16-29)23-64-38-18-32-28(17-33(31)38)11-13-34-41(32)51-43(49-34)37-15-27(22-60-5)21-55(37)45(57)40(26(4)61-6)53-47(59)63-8;1-9-25(3)38(50-43(54)57-8)42(53)51-20-24(2)14-35(51)40-46-19-34(48-40)28-10-12-30-29(16-28)23-58-37-18-31-27(17-32(30)37)11-13-33-39(31)49-41(47-33)36-15-26(22-56-7)21-52(36)44(55)59-45(4,5)6;1-4(12-2)5(6(9)10)8-7(11)13-3/h10-13,16-19,24-27,36-37,39-40H,9,14-15,20-23H2,1-8H3,(H,48,50)(H,49,51)(H,52,58)(H,53,59);10-13,16-19,24-26,35-36,38H,9,14-15,20-23H2,1-8H3,(H,46,48)(H,47,49)(H,50,54);4-5H,1-3H3,(H,8,11)(H,9,10)/t24-,25-,26?,27-,36?,37-,39-,40-;24-,25-,26-,35?,36-,38-;4-,5+/m001/s1. The SMILES string of the molecule is CC[C@H](C)[C@H](NC(=O)OC)C(=O)N1C[C@@H](C)CC1c1ncc(-c2ccc3c(c2)COc2cc4c(ccc5[nH]c([C@@H]6C[C@H](COC)CN6C(=O)OC(C)(C)C)nc54)cc2-3)[nH]1.CC[C@H](C)[C@H](NC(=O)OC)C(=O)N1C[C@@H](C)CC1c1ncc(-c2ccc3c(c2)COc2cc4c(ccc5[nH]c([C@@H]6C[C@H](COC)CN6C(=O)[C@@H](NC(=O)OC)C(C)OC)nc54)cc2-3)[nH]1.COC(=O)N[C@H](C(=O)O)[C@@H](C)OC. The van der Waals surface area contributed by atoms with Crippen LogP contribution in [0.4, 0.5) is 24.0 Å². The summed E-state index contributed by atoms with van der Waals surface area (Å²) in [5, 5.41) is 22.9. The van der Waals surface area contributed by atoms with E-state index in [-0.39, 0.29) is 77.4 Å². The Hall–Kier alpha value is -13.1. The molecule has 10 heterocycles. The van der Waals surface area contributed by atoms with Crippen molar-refractivity contribution < 1.29 is 100 Å². The maximum absolute atomic E-state index is 14.1. The van der Waals surface area contributed by atoms with Crippen molar-refractivity contribution in [2.75, 3.05) is 96.3 Å². The molecule has 10 aromatic rings. The Morgan fingerprint density at radius 2 is 0.846 bits per heavy atom. The highest BCUT2D eigenvalue weighted by Crippen LogP contribution is 2.48. The van der Waals surface area contributed by atoms with Crippen LogP contribution in [0, 0.1) is 35.5 Å². The summed E-state index contributed by atoms with van der Waals surface area (Å²) in [5.74, 6) is 3.18. The van der Waals surface area contributed by atoms with Gasteiger partial charge in [0.15, 0.2) is 6.04 Å². The van der Waals surface area contributed by atoms with Crippen molar-refractivity contribution in [2.45, 2.75) is 194 Å². The van der Waals surface area contributed by atoms with Gasteiger partial charge in [-0.3, -0.25) is 19.3 Å². The molecule has 6 aromatic carbocycles. The molecular weight excluding hydrogens is 1750 g/mol. The minimum absolute atomic E-state index is 0.0552. The molecule has 9 N–H and O–H groups in total. The number of fused-ring (bicyclic) bond motifs is 12. The van der Waals surface area contributed by atoms with E-state index in [2.05, 4.69) is 127 Å². The molecular formula is C99H126N16O21. The lowest BCUT2D eigenvalue weighted by Crippen LogP contribution is -2.54. The number of H-pyrrole nitrogens is 4. The average Bonchev–Trinajstić information content (AvgIpc) is 1.47. The van der Waals surface area contributed by atoms with Crippen molar-refractivity contribution in [2.24, 2.45) is 35.5 Å². The molecule has 0 aliphatic carbocycles. The lowest BCUT2D eigenvalue weighted by atomic mass is 9.92. The van der Waals surface area contributed by atoms with Gasteiger partial charge in [0.05, 0.1) is 124 Å². The number of carboxylic acid groups (broad SMARTS) is 1. The zero-order valence-electron chi connectivity index (χ0n) is 80.6. The van der Waals surface area contributed by atoms with Crippen LogP contribution < -0.4 is 30.7 Å². The number of rotatable bonds is 26. The van der Waals surface area contributed by atoms with E-state index in [1.165, 1.54) is 42.5 Å². The molecule has 6 aliphatic rings. The van der Waals surface area contributed by atoms with Crippen LogP contribution in [-0.4, -0.2) is 257 Å². The van der Waals surface area contributed by atoms with Crippen LogP contribution >= 0.6 is 0 Å². The van der Waals surface area contributed by atoms with E-state index in [0.717, 1.165) is 155 Å². The van der Waals surface area contributed by atoms with Gasteiger partial charge in [-0.05, 0) is 177 Å². The Morgan fingerprint density at radius 1 is 0.463 bits per heavy atom. The minimum Gasteiger partial charge on any atom is -0.488 e. The summed E-state index contributed by atoms with van der Waals surface area (Å²) in [5.41, 5.74) is 12.5. The summed E-state index contributed by atoms with van der Waals surface area (Å²) < 4.78 is 58.7. The first kappa shape index (κ1) is 98.9. The lowest BCUT2D eigenvalue weighted by Gasteiger charge is -2.30. The molecule has 4 aromatic heterocycles. The predicted molar refractivity (Wildman–Crippen MR) is 505 cm³/mol. The van der Waals surface area contributed by atoms with E-state index < -0.39 is 78.4 Å². The molecule has 4 fully saturated rings. The summed E-state index contributed by atoms with van der Waals surface area (Å²) in [6.07, 6.45) is 3.59. The number of amides is 8. The van der Waals surface area contributed by atoms with Crippen molar-refractivity contribution in [1.82, 2.24) is 80.7 Å². The van der Waals surface area contributed by atoms with E-state index >= 15 is 0 Å². The Labute approximate surface area is 788 Å². The molecule has 37 nitrogen and oxygen atoms in total. The third kappa shape index (κ3) is 21.3. The number of hydrogen-bond acceptors (Lipinski definition) is 24. The number of aliphatic carboxylic acids is 1. The molecule has 37 heteroatoms. The molecule has 0 bridgehead atoms. The van der Waals surface area contributed by atoms with Gasteiger partial charge in [-0.15, -0.1) is 0 Å². The van der Waals surface area contributed by atoms with Gasteiger partial charge < -0.3 is 113 Å². The van der Waals surface area contributed by atoms with Crippen molar-refractivity contribution in [3.63, 3.8) is 0 Å². The van der Waals surface area contributed by atoms with Gasteiger partial charge in [-0.25, -0.2) is 48.7 Å². The number of methoxy groups -OCH3 is 8. The number of carbonyl (C=O) groups is 9. The normalized spacial score (nSPS) is 20.5. The van der Waals surface area contributed by atoms with E-state index in [4.69, 9.17) is 72.4 Å². The second kappa shape index (κ2) is 42.4. The van der Waals surface area contributed by atoms with Crippen LogP contribution in [0.3, 0.4) is 0 Å². The number of imidazole rings is 4. The highest BCUT2D eigenvalue weighted by molar-refractivity contribution is 6.08. The second-order valence-corrected chi connectivity index (χ2v) is 37.4. The molecule has 6 aliphatic heterocycles. The molecule has 16 atom stereocenters. The fraction of sp³-hybridized carbons (Fsp3) is 0.505. The summed E-state index contributed by atoms with van der Waals surface area (Å²) in [7, 11) is 11.2. The molecule has 728 valence electrons. The number of hydrogen-bond donors (Lipinski definition) is 9. The van der Waals surface area contributed by atoms with Crippen LogP contribution in [0.25, 0.3) is 88.4 Å². The average molecular weight is 1880 g/mol. The first-order valence-electron chi connectivity index (χ1n) is 46.2. The van der Waals surface area contributed by atoms with Crippen LogP contribution in [0.5, 0.6) is 11.5 Å². The Bertz CT molecular complexity index is 6060. The highest BCUT2D eigenvalue weighted by atomic mass is 16.6. The predicted octanol–water partition coefficient (Wildman–Crippen LogP) is 14.8. The Balaban J connectivity index is 0.000000193. The van der Waals surface area contributed by atoms with Crippen LogP contribution in [-0.2, 0) is 75.0 Å². The fourth-order valence-corrected chi connectivity index (χ4v) is 19.2. The molecule has 4 saturated heterocycles. The lowest BCUT2D eigenvalue weighted by molar-refractivity contribution is -0.142. The van der Waals surface area contributed by atoms with E-state index in [1.807, 2.05) is 88.9 Å². The minimum atomic E-state index is -1.17. The molecule has 0 radical (unpaired) electrons. The summed E-state index contributed by atoms with van der Waals surface area (Å²) in [6, 6.07) is 24.6. The van der Waals surface area contributed by atoms with Crippen molar-refractivity contribution in [1.29, 1.82) is 0 Å². The van der Waals surface area contributed by atoms with Crippen LogP contribution in [0.2, 0.25) is 0 Å². The number of carbonyl (C=O) groups excluding carboxylic acids is 8. The largest absolute Gasteiger partial charge is 0.488 e. The molecule has 3 unspecified atom stereocenters. The van der Waals surface area contributed by atoms with Crippen LogP contribution in [0.15, 0.2) is 97.3 Å². The second-order valence-electron chi connectivity index (χ2n) is 37.4. The quantitative estimate of drug-likeness (QED) is 0.0227. The third-order valence-electron chi connectivity index (χ3n) is 26.9. The van der Waals surface area contributed by atoms with Gasteiger partial charge in [0.25, 0.3) is 0 Å². The number of nitrogens with one attached hydrogen (secondary N) is 8. The highest BCUT2D eigenvalue weighted by Gasteiger charge is 2.47. The van der Waals surface area contributed by atoms with Gasteiger partial charge in [0.2, 0.25) is 17.7 Å². The van der Waals surface area contributed by atoms with E-state index in [0.29, 0.717) is 77.1 Å². The zero-order chi connectivity index (χ0) is 97.6. The Morgan fingerprint density at radius 3 is 1.24 bits per heavy atom. The number of carboxylic acids is 1. The van der Waals surface area contributed by atoms with Crippen molar-refractivity contribution in [3.8, 4) is 56.3 Å². The number of likely N-dealkylation sites (tertiary alicyclic amines) is 4. The number of alkyl carbamates (subject to hydrolysis) is 4. The van der Waals surface area contributed by atoms with Crippen molar-refractivity contribution in [3.05, 3.63) is 132 Å². The van der Waals surface area contributed by atoms with Gasteiger partial charge >= 0.3 is 36.4 Å². The number of ether oxygens (including phenoxy) is 11. The van der Waals surface area contributed by atoms with Crippen molar-refractivity contribution >= 4 is 97.8 Å². The van der Waals surface area contributed by atoms with Gasteiger partial charge in [0.1, 0.15) is 71.7 Å². The molecule has 16 rings (SSSR count). The van der Waals surface area contributed by atoms with E-state index in [9.17, 15) is 43.2 Å². The number of aromatic amines is 4. The maximum atomic E-state index is 14.1. The number of benzene rings is 6. The first-order valence-corrected chi connectivity index (χ1v) is 46.2. The zero-order valence-corrected chi connectivity index (χ0v) is 80.6. The number of aromatic nitrogens is 8. The first-order chi connectivity index (χ1) is 65.1. The molecule has 0 saturated carbocycles. The monoisotopic (exact) mass is 1870 g/mol. The van der Waals surface area contributed by atoms with Gasteiger partial charge in [-0.2, -0.15) is 0 Å². The molecule has 8 amide bonds. The van der Waals surface area contributed by atoms with Gasteiger partial charge in [-0.1, -0.05) is 90.8 Å². The molecule has 0 spiro atoms. The fourth-order valence-electron chi connectivity index (χ4n) is 19.2. The smallest absolute Gasteiger partial charge is 0.410 e. The van der Waals surface area contributed by atoms with E-state index in [1.54, 1.807) is 30.9 Å². The number of nitrogens with zero attached hydrogens (tertiary/aromatic N) is 8. The third-order valence-corrected chi connectivity index (χ3v) is 26.9. The maximum Gasteiger partial charge on any atom is 0.410 e. The summed E-state index contributed by atoms with van der Waals surface area (Å²) in [4.78, 5) is 154. The Kier molecular flexibility index (Phi) is 30.8. The topological polar surface area (TPSA) is 451 Å². The summed E-state index contributed by atoms with van der Waals surface area (Å²) >= 11 is 0. The summed E-state index contributed by atoms with van der Waals surface area (Å²) in [6.45, 7) is 24.9.